The van der Waals surface area contributed by atoms with Crippen LogP contribution in [0.25, 0.3) is 16.8 Å². The molecule has 3 aromatic carbocycles. The summed E-state index contributed by atoms with van der Waals surface area (Å²) in [4.78, 5) is 11.3. The third kappa shape index (κ3) is 9.21. The van der Waals surface area contributed by atoms with E-state index in [1.165, 1.54) is 55.9 Å². The zero-order valence-corrected chi connectivity index (χ0v) is 24.8. The van der Waals surface area contributed by atoms with Crippen molar-refractivity contribution in [2.75, 3.05) is 6.54 Å². The monoisotopic (exact) mass is 587 g/mol. The summed E-state index contributed by atoms with van der Waals surface area (Å²) in [5.74, 6) is 0.176. The normalized spacial score (nSPS) is 14.5. The molecule has 4 rings (SSSR count). The van der Waals surface area contributed by atoms with Crippen molar-refractivity contribution in [3.05, 3.63) is 120 Å². The van der Waals surface area contributed by atoms with Gasteiger partial charge in [-0.3, -0.25) is 4.79 Å². The second-order valence-corrected chi connectivity index (χ2v) is 11.4. The highest BCUT2D eigenvalue weighted by molar-refractivity contribution is 5.76. The Balaban J connectivity index is 1.58. The van der Waals surface area contributed by atoms with Gasteiger partial charge in [0.15, 0.2) is 0 Å². The van der Waals surface area contributed by atoms with Crippen LogP contribution in [0, 0.1) is 0 Å². The second-order valence-electron chi connectivity index (χ2n) is 11.4. The van der Waals surface area contributed by atoms with Crippen molar-refractivity contribution < 1.29 is 22.7 Å². The van der Waals surface area contributed by atoms with Gasteiger partial charge in [-0.05, 0) is 83.2 Å². The van der Waals surface area contributed by atoms with Crippen molar-refractivity contribution in [1.82, 2.24) is 5.32 Å². The molecule has 0 bridgehead atoms. The lowest BCUT2D eigenvalue weighted by Crippen LogP contribution is -2.17. The maximum absolute atomic E-state index is 12.9. The lowest BCUT2D eigenvalue weighted by atomic mass is 9.81. The highest BCUT2D eigenvalue weighted by atomic mass is 19.4. The number of nitrogens with one attached hydrogen (secondary N) is 1. The number of ether oxygens (including phenoxy) is 1. The van der Waals surface area contributed by atoms with Crippen molar-refractivity contribution in [1.29, 1.82) is 0 Å². The van der Waals surface area contributed by atoms with Crippen molar-refractivity contribution in [3.8, 4) is 5.75 Å². The Morgan fingerprint density at radius 1 is 0.907 bits per heavy atom. The number of allylic oxidation sites excluding steroid dienone is 2. The molecule has 1 unspecified atom stereocenters. The first-order valence-electron chi connectivity index (χ1n) is 14.9. The van der Waals surface area contributed by atoms with Gasteiger partial charge in [-0.1, -0.05) is 99.7 Å². The molecule has 0 aromatic heterocycles. The quantitative estimate of drug-likeness (QED) is 0.216. The summed E-state index contributed by atoms with van der Waals surface area (Å²) >= 11 is 0. The van der Waals surface area contributed by atoms with Gasteiger partial charge < -0.3 is 10.1 Å². The first kappa shape index (κ1) is 31.9. The number of carbonyl (C=O) groups excluding carboxylic acids is 1. The van der Waals surface area contributed by atoms with E-state index < -0.39 is 6.36 Å². The van der Waals surface area contributed by atoms with Crippen LogP contribution in [0.15, 0.2) is 92.5 Å². The first-order chi connectivity index (χ1) is 20.5. The smallest absolute Gasteiger partial charge is 0.406 e. The highest BCUT2D eigenvalue weighted by Crippen LogP contribution is 2.40. The Hall–Kier alpha value is -4.06. The van der Waals surface area contributed by atoms with Crippen LogP contribution >= 0.6 is 0 Å². The van der Waals surface area contributed by atoms with E-state index in [0.717, 1.165) is 22.3 Å². The lowest BCUT2D eigenvalue weighted by molar-refractivity contribution is -0.274. The Morgan fingerprint density at radius 2 is 1.56 bits per heavy atom. The summed E-state index contributed by atoms with van der Waals surface area (Å²) in [6.45, 7) is 14.9. The average molecular weight is 588 g/mol. The molecule has 226 valence electrons. The standard InChI is InChI=1S/C37H40F3NO2/c1-25(29-13-17-32(18-14-29)31-9-6-5-7-10-31)23-36(27(3)34-11-8-12-35(24-34)43-37(38,39)40)33-19-15-30(16-20-33)28(4)41-22-21-26(2)42/h8,11-20,24,31,36,41H,1,3-7,9-10,21-23H2,2H3. The van der Waals surface area contributed by atoms with Gasteiger partial charge in [-0.15, -0.1) is 13.2 Å². The molecule has 1 aliphatic carbocycles. The second kappa shape index (κ2) is 14.4. The van der Waals surface area contributed by atoms with Crippen molar-refractivity contribution in [3.63, 3.8) is 0 Å². The highest BCUT2D eigenvalue weighted by Gasteiger charge is 2.31. The fourth-order valence-corrected chi connectivity index (χ4v) is 5.74. The number of halogens is 3. The molecule has 3 nitrogen and oxygen atoms in total. The number of Topliss-reactive ketones (excluding diaryl/α,β-unsaturated/α-hetero) is 1. The van der Waals surface area contributed by atoms with Crippen LogP contribution < -0.4 is 10.1 Å². The van der Waals surface area contributed by atoms with Crippen molar-refractivity contribution in [2.24, 2.45) is 0 Å². The van der Waals surface area contributed by atoms with Crippen LogP contribution in [-0.4, -0.2) is 18.7 Å². The molecule has 43 heavy (non-hydrogen) atoms. The van der Waals surface area contributed by atoms with E-state index in [1.807, 2.05) is 24.3 Å². The molecule has 0 spiro atoms. The van der Waals surface area contributed by atoms with E-state index in [-0.39, 0.29) is 17.5 Å². The van der Waals surface area contributed by atoms with Crippen LogP contribution in [0.4, 0.5) is 13.2 Å². The number of hydrogen-bond donors (Lipinski definition) is 1. The molecule has 0 aliphatic heterocycles. The van der Waals surface area contributed by atoms with Crippen LogP contribution in [0.1, 0.15) is 91.5 Å². The summed E-state index contributed by atoms with van der Waals surface area (Å²) in [7, 11) is 0. The Bertz CT molecular complexity index is 1430. The van der Waals surface area contributed by atoms with E-state index in [4.69, 9.17) is 0 Å². The molecule has 1 fully saturated rings. The predicted molar refractivity (Wildman–Crippen MR) is 170 cm³/mol. The van der Waals surface area contributed by atoms with E-state index >= 15 is 0 Å². The van der Waals surface area contributed by atoms with Gasteiger partial charge in [0.1, 0.15) is 11.5 Å². The summed E-state index contributed by atoms with van der Waals surface area (Å²) in [5.41, 5.74) is 7.09. The number of alkyl halides is 3. The zero-order chi connectivity index (χ0) is 31.0. The molecule has 3 aromatic rings. The third-order valence-corrected chi connectivity index (χ3v) is 8.18. The van der Waals surface area contributed by atoms with Gasteiger partial charge in [0.05, 0.1) is 0 Å². The molecule has 1 N–H and O–H groups in total. The summed E-state index contributed by atoms with van der Waals surface area (Å²) < 4.78 is 43.0. The minimum absolute atomic E-state index is 0.102. The van der Waals surface area contributed by atoms with Gasteiger partial charge in [0.25, 0.3) is 0 Å². The van der Waals surface area contributed by atoms with E-state index in [0.29, 0.717) is 42.1 Å². The fourth-order valence-electron chi connectivity index (χ4n) is 5.74. The molecule has 0 heterocycles. The minimum Gasteiger partial charge on any atom is -0.406 e. The Morgan fingerprint density at radius 3 is 2.19 bits per heavy atom. The molecule has 0 amide bonds. The van der Waals surface area contributed by atoms with Crippen molar-refractivity contribution in [2.45, 2.75) is 70.1 Å². The molecule has 0 saturated heterocycles. The first-order valence-corrected chi connectivity index (χ1v) is 14.9. The van der Waals surface area contributed by atoms with E-state index in [2.05, 4.69) is 54.1 Å². The minimum atomic E-state index is -4.78. The van der Waals surface area contributed by atoms with Crippen LogP contribution in [0.3, 0.4) is 0 Å². The van der Waals surface area contributed by atoms with Gasteiger partial charge in [-0.2, -0.15) is 0 Å². The van der Waals surface area contributed by atoms with E-state index in [1.54, 1.807) is 13.0 Å². The fraction of sp³-hybridized carbons (Fsp3) is 0.324. The molecular formula is C37H40F3NO2. The van der Waals surface area contributed by atoms with Crippen LogP contribution in [0.2, 0.25) is 0 Å². The zero-order valence-electron chi connectivity index (χ0n) is 24.8. The Kier molecular flexibility index (Phi) is 10.7. The van der Waals surface area contributed by atoms with Gasteiger partial charge >= 0.3 is 6.36 Å². The molecule has 0 radical (unpaired) electrons. The number of ketones is 1. The van der Waals surface area contributed by atoms with Gasteiger partial charge in [-0.25, -0.2) is 0 Å². The Labute approximate surface area is 253 Å². The number of rotatable bonds is 13. The largest absolute Gasteiger partial charge is 0.573 e. The maximum atomic E-state index is 12.9. The van der Waals surface area contributed by atoms with Gasteiger partial charge in [0.2, 0.25) is 0 Å². The molecule has 1 aliphatic rings. The summed E-state index contributed by atoms with van der Waals surface area (Å²) in [6, 6.07) is 22.5. The van der Waals surface area contributed by atoms with E-state index in [9.17, 15) is 18.0 Å². The number of carbonyl (C=O) groups is 1. The predicted octanol–water partition coefficient (Wildman–Crippen LogP) is 10.1. The average Bonchev–Trinajstić information content (AvgIpc) is 2.99. The molecule has 1 atom stereocenters. The maximum Gasteiger partial charge on any atom is 0.573 e. The van der Waals surface area contributed by atoms with Crippen LogP contribution in [-0.2, 0) is 4.79 Å². The van der Waals surface area contributed by atoms with Crippen molar-refractivity contribution >= 4 is 22.6 Å². The number of hydrogen-bond acceptors (Lipinski definition) is 3. The SMILES string of the molecule is C=C(CC(C(=C)c1cccc(OC(F)(F)F)c1)c1ccc(C(=C)NCCC(C)=O)cc1)c1ccc(C2CCCCC2)cc1. The number of benzene rings is 3. The summed E-state index contributed by atoms with van der Waals surface area (Å²) in [5, 5.41) is 3.18. The third-order valence-electron chi connectivity index (χ3n) is 8.18. The topological polar surface area (TPSA) is 38.3 Å². The lowest BCUT2D eigenvalue weighted by Gasteiger charge is -2.24. The molecular weight excluding hydrogens is 547 g/mol. The molecule has 6 heteroatoms. The van der Waals surface area contributed by atoms with Gasteiger partial charge in [0, 0.05) is 24.6 Å². The van der Waals surface area contributed by atoms with Crippen LogP contribution in [0.5, 0.6) is 5.75 Å². The molecule has 1 saturated carbocycles. The summed E-state index contributed by atoms with van der Waals surface area (Å²) in [6.07, 6.45) is 2.49.